The van der Waals surface area contributed by atoms with Crippen molar-refractivity contribution < 1.29 is 9.90 Å². The Balaban J connectivity index is 1.59. The highest BCUT2D eigenvalue weighted by molar-refractivity contribution is 7.80. The summed E-state index contributed by atoms with van der Waals surface area (Å²) in [7, 11) is 0. The van der Waals surface area contributed by atoms with Crippen LogP contribution in [0.1, 0.15) is 37.3 Å². The van der Waals surface area contributed by atoms with Crippen molar-refractivity contribution >= 4 is 46.2 Å². The minimum Gasteiger partial charge on any atom is -0.508 e. The second-order valence-corrected chi connectivity index (χ2v) is 9.92. The zero-order valence-electron chi connectivity index (χ0n) is 20.3. The van der Waals surface area contributed by atoms with Crippen LogP contribution in [0.3, 0.4) is 0 Å². The zero-order valence-corrected chi connectivity index (χ0v) is 21.9. The van der Waals surface area contributed by atoms with Crippen molar-refractivity contribution in [2.45, 2.75) is 25.9 Å². The van der Waals surface area contributed by atoms with E-state index in [0.717, 1.165) is 22.8 Å². The number of nitrogens with one attached hydrogen (secondary N) is 2. The molecule has 5 rings (SSSR count). The Bertz CT molecular complexity index is 1440. The summed E-state index contributed by atoms with van der Waals surface area (Å²) in [6.07, 6.45) is 3.75. The van der Waals surface area contributed by atoms with Crippen molar-refractivity contribution in [3.8, 4) is 11.4 Å². The van der Waals surface area contributed by atoms with Crippen LogP contribution in [0.15, 0.2) is 85.2 Å². The van der Waals surface area contributed by atoms with Crippen LogP contribution in [0.25, 0.3) is 5.69 Å². The maximum atomic E-state index is 12.2. The second-order valence-electron chi connectivity index (χ2n) is 9.12. The Kier molecular flexibility index (Phi) is 6.86. The highest BCUT2D eigenvalue weighted by atomic mass is 35.5. The van der Waals surface area contributed by atoms with E-state index in [9.17, 15) is 9.90 Å². The molecular weight excluding hydrogens is 506 g/mol. The number of halogens is 1. The first-order valence-electron chi connectivity index (χ1n) is 11.9. The summed E-state index contributed by atoms with van der Waals surface area (Å²) in [4.78, 5) is 18.9. The number of amides is 1. The van der Waals surface area contributed by atoms with Gasteiger partial charge in [0.15, 0.2) is 5.11 Å². The lowest BCUT2D eigenvalue weighted by atomic mass is 10.0. The monoisotopic (exact) mass is 531 g/mol. The van der Waals surface area contributed by atoms with Crippen LogP contribution in [0.4, 0.5) is 11.4 Å². The second kappa shape index (κ2) is 10.2. The topological polar surface area (TPSA) is 82.4 Å². The van der Waals surface area contributed by atoms with Crippen LogP contribution < -0.4 is 15.5 Å². The first-order chi connectivity index (χ1) is 17.8. The first kappa shape index (κ1) is 24.8. The van der Waals surface area contributed by atoms with Crippen molar-refractivity contribution in [2.24, 2.45) is 5.92 Å². The molecule has 0 radical (unpaired) electrons. The van der Waals surface area contributed by atoms with Crippen LogP contribution in [0, 0.1) is 5.92 Å². The molecular formula is C28H26ClN5O2S. The van der Waals surface area contributed by atoms with Crippen LogP contribution in [-0.4, -0.2) is 25.7 Å². The summed E-state index contributed by atoms with van der Waals surface area (Å²) >= 11 is 12.5. The quantitative estimate of drug-likeness (QED) is 0.265. The van der Waals surface area contributed by atoms with Crippen molar-refractivity contribution in [3.05, 3.63) is 102 Å². The van der Waals surface area contributed by atoms with Crippen LogP contribution in [-0.2, 0) is 4.79 Å². The Labute approximate surface area is 225 Å². The minimum absolute atomic E-state index is 0.104. The molecule has 0 aliphatic carbocycles. The van der Waals surface area contributed by atoms with Gasteiger partial charge in [0.2, 0.25) is 5.91 Å². The van der Waals surface area contributed by atoms with Gasteiger partial charge in [-0.05, 0) is 78.9 Å². The molecule has 1 fully saturated rings. The van der Waals surface area contributed by atoms with Gasteiger partial charge >= 0.3 is 0 Å². The molecule has 3 N–H and O–H groups in total. The number of benzene rings is 2. The summed E-state index contributed by atoms with van der Waals surface area (Å²) in [5, 5.41) is 17.1. The number of phenolic OH excluding ortho intramolecular Hbond substituents is 1. The molecule has 7 nitrogen and oxygen atoms in total. The van der Waals surface area contributed by atoms with E-state index in [1.807, 2.05) is 73.5 Å². The van der Waals surface area contributed by atoms with E-state index in [4.69, 9.17) is 23.8 Å². The maximum absolute atomic E-state index is 12.2. The summed E-state index contributed by atoms with van der Waals surface area (Å²) in [5.41, 5.74) is 4.06. The predicted molar refractivity (Wildman–Crippen MR) is 150 cm³/mol. The number of rotatable bonds is 6. The zero-order chi connectivity index (χ0) is 26.1. The fourth-order valence-electron chi connectivity index (χ4n) is 4.45. The number of phenols is 1. The van der Waals surface area contributed by atoms with Gasteiger partial charge in [-0.3, -0.25) is 9.78 Å². The normalized spacial score (nSPS) is 17.2. The van der Waals surface area contributed by atoms with E-state index in [1.165, 1.54) is 0 Å². The number of nitrogens with zero attached hydrogens (tertiary/aromatic N) is 3. The predicted octanol–water partition coefficient (Wildman–Crippen LogP) is 6.00. The Hall–Kier alpha value is -3.88. The molecule has 3 heterocycles. The molecule has 1 amide bonds. The van der Waals surface area contributed by atoms with E-state index in [-0.39, 0.29) is 29.7 Å². The first-order valence-corrected chi connectivity index (χ1v) is 12.7. The van der Waals surface area contributed by atoms with Crippen LogP contribution in [0.2, 0.25) is 5.02 Å². The maximum Gasteiger partial charge on any atom is 0.226 e. The average molecular weight is 532 g/mol. The van der Waals surface area contributed by atoms with Gasteiger partial charge < -0.3 is 25.2 Å². The van der Waals surface area contributed by atoms with Crippen molar-refractivity contribution in [2.75, 3.05) is 10.2 Å². The number of aromatic hydroxyl groups is 1. The van der Waals surface area contributed by atoms with Gasteiger partial charge in [-0.1, -0.05) is 31.5 Å². The molecule has 0 saturated carbocycles. The molecule has 0 spiro atoms. The molecule has 188 valence electrons. The SMILES string of the molecule is CC(C)C(=O)Nc1ccc(N2C(=S)NC(c3ccccn3)C2c2cccn2-c2ccc(O)cc2)cc1Cl. The third-order valence-electron chi connectivity index (χ3n) is 6.32. The molecule has 2 unspecified atom stereocenters. The molecule has 2 aromatic heterocycles. The van der Waals surface area contributed by atoms with Gasteiger partial charge in [0.1, 0.15) is 11.8 Å². The number of hydrogen-bond acceptors (Lipinski definition) is 4. The molecule has 1 aliphatic rings. The summed E-state index contributed by atoms with van der Waals surface area (Å²) in [6.45, 7) is 3.66. The van der Waals surface area contributed by atoms with Gasteiger partial charge in [0.05, 0.1) is 22.4 Å². The van der Waals surface area contributed by atoms with Crippen LogP contribution >= 0.6 is 23.8 Å². The lowest BCUT2D eigenvalue weighted by Gasteiger charge is -2.29. The largest absolute Gasteiger partial charge is 0.508 e. The molecule has 1 saturated heterocycles. The van der Waals surface area contributed by atoms with E-state index < -0.39 is 0 Å². The molecule has 0 bridgehead atoms. The third kappa shape index (κ3) is 4.90. The highest BCUT2D eigenvalue weighted by Gasteiger charge is 2.42. The van der Waals surface area contributed by atoms with Gasteiger partial charge in [0, 0.05) is 35.4 Å². The molecule has 2 aromatic carbocycles. The Morgan fingerprint density at radius 3 is 2.51 bits per heavy atom. The third-order valence-corrected chi connectivity index (χ3v) is 6.95. The standard InChI is InChI=1S/C28H26ClN5O2S/c1-17(2)27(36)31-22-13-10-19(16-21(22)29)34-26(25(32-28(34)37)23-6-3-4-14-30-23)24-7-5-15-33(24)18-8-11-20(35)12-9-18/h3-17,25-26,35H,1-2H3,(H,31,36)(H,32,37). The summed E-state index contributed by atoms with van der Waals surface area (Å²) in [5.74, 6) is -0.0661. The molecule has 2 atom stereocenters. The fourth-order valence-corrected chi connectivity index (χ4v) is 5.02. The van der Waals surface area contributed by atoms with Crippen molar-refractivity contribution in [1.82, 2.24) is 14.9 Å². The van der Waals surface area contributed by atoms with Crippen molar-refractivity contribution in [3.63, 3.8) is 0 Å². The van der Waals surface area contributed by atoms with Crippen LogP contribution in [0.5, 0.6) is 5.75 Å². The van der Waals surface area contributed by atoms with Gasteiger partial charge in [-0.15, -0.1) is 0 Å². The number of hydrogen-bond donors (Lipinski definition) is 3. The molecule has 4 aromatic rings. The number of aromatic nitrogens is 2. The number of pyridine rings is 1. The van der Waals surface area contributed by atoms with Gasteiger partial charge in [-0.25, -0.2) is 0 Å². The molecule has 9 heteroatoms. The van der Waals surface area contributed by atoms with E-state index in [1.54, 1.807) is 24.4 Å². The van der Waals surface area contributed by atoms with Gasteiger partial charge in [0.25, 0.3) is 0 Å². The van der Waals surface area contributed by atoms with Gasteiger partial charge in [-0.2, -0.15) is 0 Å². The number of carbonyl (C=O) groups excluding carboxylic acids is 1. The number of carbonyl (C=O) groups is 1. The summed E-state index contributed by atoms with van der Waals surface area (Å²) < 4.78 is 2.07. The molecule has 1 aliphatic heterocycles. The lowest BCUT2D eigenvalue weighted by molar-refractivity contribution is -0.118. The number of thiocarbonyl (C=S) groups is 1. The number of anilines is 2. The molecule has 37 heavy (non-hydrogen) atoms. The lowest BCUT2D eigenvalue weighted by Crippen LogP contribution is -2.30. The summed E-state index contributed by atoms with van der Waals surface area (Å²) in [6, 6.07) is 21.9. The highest BCUT2D eigenvalue weighted by Crippen LogP contribution is 2.43. The van der Waals surface area contributed by atoms with E-state index >= 15 is 0 Å². The van der Waals surface area contributed by atoms with E-state index in [0.29, 0.717) is 15.8 Å². The Morgan fingerprint density at radius 1 is 1.08 bits per heavy atom. The minimum atomic E-state index is -0.265. The Morgan fingerprint density at radius 2 is 1.84 bits per heavy atom. The van der Waals surface area contributed by atoms with E-state index in [2.05, 4.69) is 26.3 Å². The fraction of sp³-hybridized carbons (Fsp3) is 0.179. The van der Waals surface area contributed by atoms with Crippen molar-refractivity contribution in [1.29, 1.82) is 0 Å². The smallest absolute Gasteiger partial charge is 0.226 e. The average Bonchev–Trinajstić information content (AvgIpc) is 3.50.